The minimum absolute atomic E-state index is 0.0381. The molecule has 0 bridgehead atoms. The number of azo groups is 1. The van der Waals surface area contributed by atoms with Crippen LogP contribution in [0.4, 0.5) is 5.69 Å². The zero-order valence-corrected chi connectivity index (χ0v) is 13.5. The first-order valence-corrected chi connectivity index (χ1v) is 8.18. The van der Waals surface area contributed by atoms with E-state index in [9.17, 15) is 14.7 Å². The summed E-state index contributed by atoms with van der Waals surface area (Å²) in [6, 6.07) is 7.47. The van der Waals surface area contributed by atoms with E-state index in [-0.39, 0.29) is 17.6 Å². The summed E-state index contributed by atoms with van der Waals surface area (Å²) in [4.78, 5) is 23.4. The van der Waals surface area contributed by atoms with Crippen LogP contribution in [0.3, 0.4) is 0 Å². The van der Waals surface area contributed by atoms with Gasteiger partial charge in [0, 0.05) is 18.0 Å². The van der Waals surface area contributed by atoms with Gasteiger partial charge in [0.25, 0.3) is 0 Å². The molecule has 0 saturated heterocycles. The van der Waals surface area contributed by atoms with Crippen molar-refractivity contribution in [3.8, 4) is 5.88 Å². The Morgan fingerprint density at radius 3 is 2.79 bits per heavy atom. The largest absolute Gasteiger partial charge is 0.493 e. The SMILES string of the molecule is CCCCn1c(O)c(N=NC(=O)C(=O)NC2CC2)c2ccccc21. The number of rotatable bonds is 5. The van der Waals surface area contributed by atoms with Crippen molar-refractivity contribution in [1.82, 2.24) is 9.88 Å². The van der Waals surface area contributed by atoms with Crippen LogP contribution in [0.25, 0.3) is 10.9 Å². The van der Waals surface area contributed by atoms with Crippen LogP contribution in [-0.4, -0.2) is 27.5 Å². The number of nitrogens with zero attached hydrogens (tertiary/aromatic N) is 3. The van der Waals surface area contributed by atoms with Crippen LogP contribution in [0.5, 0.6) is 5.88 Å². The van der Waals surface area contributed by atoms with Gasteiger partial charge in [0.15, 0.2) is 5.69 Å². The molecule has 2 aromatic rings. The Balaban J connectivity index is 1.87. The highest BCUT2D eigenvalue weighted by molar-refractivity contribution is 6.35. The predicted octanol–water partition coefficient (Wildman–Crippen LogP) is 3.04. The Labute approximate surface area is 139 Å². The topological polar surface area (TPSA) is 96.0 Å². The molecule has 1 fully saturated rings. The highest BCUT2D eigenvalue weighted by atomic mass is 16.3. The second kappa shape index (κ2) is 6.82. The standard InChI is InChI=1S/C17H20N4O3/c1-2-3-10-21-13-7-5-4-6-12(13)14(17(21)24)19-20-16(23)15(22)18-11-8-9-11/h4-7,11,24H,2-3,8-10H2,1H3,(H,18,22). The highest BCUT2D eigenvalue weighted by Gasteiger charge is 2.26. The maximum absolute atomic E-state index is 11.7. The van der Waals surface area contributed by atoms with Crippen molar-refractivity contribution in [2.45, 2.75) is 45.2 Å². The Bertz CT molecular complexity index is 806. The van der Waals surface area contributed by atoms with Gasteiger partial charge in [-0.1, -0.05) is 31.5 Å². The van der Waals surface area contributed by atoms with Gasteiger partial charge in [-0.25, -0.2) is 0 Å². The van der Waals surface area contributed by atoms with Gasteiger partial charge >= 0.3 is 11.8 Å². The van der Waals surface area contributed by atoms with E-state index in [2.05, 4.69) is 22.5 Å². The van der Waals surface area contributed by atoms with Crippen molar-refractivity contribution >= 4 is 28.4 Å². The average molecular weight is 328 g/mol. The summed E-state index contributed by atoms with van der Waals surface area (Å²) >= 11 is 0. The summed E-state index contributed by atoms with van der Waals surface area (Å²) in [6.45, 7) is 2.72. The van der Waals surface area contributed by atoms with Crippen LogP contribution in [0.2, 0.25) is 0 Å². The summed E-state index contributed by atoms with van der Waals surface area (Å²) in [5.74, 6) is -1.74. The number of amides is 2. The van der Waals surface area contributed by atoms with Gasteiger partial charge in [-0.2, -0.15) is 0 Å². The molecule has 0 unspecified atom stereocenters. The number of fused-ring (bicyclic) bond motifs is 1. The lowest BCUT2D eigenvalue weighted by Crippen LogP contribution is -2.31. The van der Waals surface area contributed by atoms with E-state index in [0.717, 1.165) is 31.2 Å². The third-order valence-corrected chi connectivity index (χ3v) is 4.00. The third kappa shape index (κ3) is 3.29. The lowest BCUT2D eigenvalue weighted by molar-refractivity contribution is -0.137. The molecular formula is C17H20N4O3. The zero-order chi connectivity index (χ0) is 17.1. The summed E-state index contributed by atoms with van der Waals surface area (Å²) in [5, 5.41) is 21.0. The molecular weight excluding hydrogens is 308 g/mol. The molecule has 0 radical (unpaired) electrons. The molecule has 1 aromatic heterocycles. The lowest BCUT2D eigenvalue weighted by Gasteiger charge is -2.05. The van der Waals surface area contributed by atoms with Crippen LogP contribution >= 0.6 is 0 Å². The van der Waals surface area contributed by atoms with E-state index in [1.54, 1.807) is 10.6 Å². The number of unbranched alkanes of at least 4 members (excludes halogenated alkanes) is 1. The summed E-state index contributed by atoms with van der Waals surface area (Å²) in [7, 11) is 0. The van der Waals surface area contributed by atoms with E-state index in [1.807, 2.05) is 18.2 Å². The summed E-state index contributed by atoms with van der Waals surface area (Å²) in [6.07, 6.45) is 3.68. The molecule has 126 valence electrons. The van der Waals surface area contributed by atoms with Crippen LogP contribution < -0.4 is 5.32 Å². The van der Waals surface area contributed by atoms with Crippen molar-refractivity contribution in [2.24, 2.45) is 10.2 Å². The van der Waals surface area contributed by atoms with Crippen molar-refractivity contribution in [2.75, 3.05) is 0 Å². The van der Waals surface area contributed by atoms with E-state index in [4.69, 9.17) is 0 Å². The second-order valence-corrected chi connectivity index (χ2v) is 5.95. The number of nitrogens with one attached hydrogen (secondary N) is 1. The summed E-state index contributed by atoms with van der Waals surface area (Å²) in [5.41, 5.74) is 1.04. The first-order chi connectivity index (χ1) is 11.6. The molecule has 1 heterocycles. The maximum Gasteiger partial charge on any atom is 0.353 e. The van der Waals surface area contributed by atoms with Gasteiger partial charge in [-0.05, 0) is 25.3 Å². The van der Waals surface area contributed by atoms with E-state index in [0.29, 0.717) is 11.9 Å². The van der Waals surface area contributed by atoms with E-state index >= 15 is 0 Å². The first-order valence-electron chi connectivity index (χ1n) is 8.18. The molecule has 2 amide bonds. The van der Waals surface area contributed by atoms with Gasteiger partial charge in [-0.3, -0.25) is 9.59 Å². The number of hydrogen-bond acceptors (Lipinski definition) is 4. The number of aromatic nitrogens is 1. The number of carbonyl (C=O) groups is 2. The van der Waals surface area contributed by atoms with Gasteiger partial charge in [0.1, 0.15) is 0 Å². The Hall–Kier alpha value is -2.70. The number of carbonyl (C=O) groups excluding carboxylic acids is 2. The minimum atomic E-state index is -0.952. The molecule has 3 rings (SSSR count). The van der Waals surface area contributed by atoms with Gasteiger partial charge in [0.05, 0.1) is 5.52 Å². The molecule has 2 N–H and O–H groups in total. The number of benzene rings is 1. The van der Waals surface area contributed by atoms with E-state index in [1.165, 1.54) is 0 Å². The molecule has 0 aliphatic heterocycles. The van der Waals surface area contributed by atoms with Gasteiger partial charge in [0.2, 0.25) is 5.88 Å². The van der Waals surface area contributed by atoms with Crippen LogP contribution in [0.15, 0.2) is 34.5 Å². The fourth-order valence-corrected chi connectivity index (χ4v) is 2.53. The van der Waals surface area contributed by atoms with Crippen molar-refractivity contribution < 1.29 is 14.7 Å². The van der Waals surface area contributed by atoms with Crippen molar-refractivity contribution in [1.29, 1.82) is 0 Å². The molecule has 1 saturated carbocycles. The summed E-state index contributed by atoms with van der Waals surface area (Å²) < 4.78 is 1.75. The number of aromatic hydroxyl groups is 1. The monoisotopic (exact) mass is 328 g/mol. The van der Waals surface area contributed by atoms with Crippen LogP contribution in [0.1, 0.15) is 32.6 Å². The van der Waals surface area contributed by atoms with Crippen LogP contribution in [-0.2, 0) is 16.1 Å². The molecule has 1 aromatic carbocycles. The third-order valence-electron chi connectivity index (χ3n) is 4.00. The Morgan fingerprint density at radius 2 is 2.08 bits per heavy atom. The smallest absolute Gasteiger partial charge is 0.353 e. The van der Waals surface area contributed by atoms with Crippen molar-refractivity contribution in [3.63, 3.8) is 0 Å². The normalized spacial score (nSPS) is 14.4. The molecule has 1 aliphatic carbocycles. The predicted molar refractivity (Wildman–Crippen MR) is 89.2 cm³/mol. The molecule has 24 heavy (non-hydrogen) atoms. The quantitative estimate of drug-likeness (QED) is 0.652. The zero-order valence-electron chi connectivity index (χ0n) is 13.5. The lowest BCUT2D eigenvalue weighted by atomic mass is 10.2. The highest BCUT2D eigenvalue weighted by Crippen LogP contribution is 2.38. The number of para-hydroxylation sites is 1. The average Bonchev–Trinajstić information content (AvgIpc) is 3.35. The number of aryl methyl sites for hydroxylation is 1. The molecule has 0 atom stereocenters. The van der Waals surface area contributed by atoms with E-state index < -0.39 is 11.8 Å². The Morgan fingerprint density at radius 1 is 1.33 bits per heavy atom. The molecule has 7 heteroatoms. The maximum atomic E-state index is 11.7. The first kappa shape index (κ1) is 16.2. The minimum Gasteiger partial charge on any atom is -0.493 e. The fourth-order valence-electron chi connectivity index (χ4n) is 2.53. The van der Waals surface area contributed by atoms with Gasteiger partial charge < -0.3 is 15.0 Å². The molecule has 1 aliphatic rings. The second-order valence-electron chi connectivity index (χ2n) is 5.95. The molecule has 7 nitrogen and oxygen atoms in total. The fraction of sp³-hybridized carbons (Fsp3) is 0.412. The van der Waals surface area contributed by atoms with Crippen LogP contribution in [0, 0.1) is 0 Å². The molecule has 0 spiro atoms. The van der Waals surface area contributed by atoms with Gasteiger partial charge in [-0.15, -0.1) is 10.2 Å². The number of hydrogen-bond donors (Lipinski definition) is 2. The van der Waals surface area contributed by atoms with Crippen molar-refractivity contribution in [3.05, 3.63) is 24.3 Å². The Kier molecular flexibility index (Phi) is 4.59.